The molecule has 0 aliphatic carbocycles. The number of anilines is 1. The van der Waals surface area contributed by atoms with Crippen molar-refractivity contribution in [2.75, 3.05) is 12.4 Å². The van der Waals surface area contributed by atoms with E-state index in [2.05, 4.69) is 5.32 Å². The number of hydrogen-bond donors (Lipinski definition) is 1. The van der Waals surface area contributed by atoms with E-state index < -0.39 is 31.9 Å². The van der Waals surface area contributed by atoms with E-state index in [4.69, 9.17) is 4.74 Å². The van der Waals surface area contributed by atoms with E-state index in [-0.39, 0.29) is 22.3 Å². The minimum Gasteiger partial charge on any atom is -0.495 e. The van der Waals surface area contributed by atoms with Gasteiger partial charge in [-0.15, -0.1) is 0 Å². The average Bonchev–Trinajstić information content (AvgIpc) is 2.81. The standard InChI is InChI=1S/C25H21FN2O5S/c1-16-7-10-18(11-8-16)34(31,32)23-14-28(21-12-9-17(26)13-19(21)25(23)30)15-24(29)27-20-5-3-4-6-22(20)33-2/h3-14H,15H2,1-2H3,(H,27,29). The highest BCUT2D eigenvalue weighted by molar-refractivity contribution is 7.91. The van der Waals surface area contributed by atoms with Crippen LogP contribution >= 0.6 is 0 Å². The number of rotatable bonds is 6. The lowest BCUT2D eigenvalue weighted by molar-refractivity contribution is -0.116. The molecule has 4 rings (SSSR count). The Balaban J connectivity index is 1.82. The number of amides is 1. The molecule has 7 nitrogen and oxygen atoms in total. The van der Waals surface area contributed by atoms with Crippen LogP contribution < -0.4 is 15.5 Å². The van der Waals surface area contributed by atoms with Crippen molar-refractivity contribution in [1.29, 1.82) is 0 Å². The maximum atomic E-state index is 14.0. The third-order valence-corrected chi connectivity index (χ3v) is 7.09. The van der Waals surface area contributed by atoms with Gasteiger partial charge in [0.05, 0.1) is 23.2 Å². The Morgan fingerprint density at radius 3 is 2.47 bits per heavy atom. The van der Waals surface area contributed by atoms with Crippen LogP contribution in [-0.2, 0) is 21.2 Å². The molecule has 0 radical (unpaired) electrons. The number of nitrogens with zero attached hydrogens (tertiary/aromatic N) is 1. The lowest BCUT2D eigenvalue weighted by atomic mass is 10.2. The van der Waals surface area contributed by atoms with Gasteiger partial charge in [-0.3, -0.25) is 9.59 Å². The van der Waals surface area contributed by atoms with Gasteiger partial charge in [-0.25, -0.2) is 12.8 Å². The first kappa shape index (κ1) is 23.2. The number of ether oxygens (including phenoxy) is 1. The van der Waals surface area contributed by atoms with Crippen molar-refractivity contribution in [3.63, 3.8) is 0 Å². The largest absolute Gasteiger partial charge is 0.495 e. The smallest absolute Gasteiger partial charge is 0.244 e. The summed E-state index contributed by atoms with van der Waals surface area (Å²) < 4.78 is 47.1. The summed E-state index contributed by atoms with van der Waals surface area (Å²) in [6.07, 6.45) is 1.12. The van der Waals surface area contributed by atoms with Crippen molar-refractivity contribution in [3.05, 3.63) is 94.5 Å². The molecule has 1 amide bonds. The first-order valence-corrected chi connectivity index (χ1v) is 11.8. The number of aryl methyl sites for hydroxylation is 1. The van der Waals surface area contributed by atoms with Gasteiger partial charge in [0.15, 0.2) is 0 Å². The highest BCUT2D eigenvalue weighted by Crippen LogP contribution is 2.24. The second-order valence-corrected chi connectivity index (χ2v) is 9.59. The molecule has 0 unspecified atom stereocenters. The van der Waals surface area contributed by atoms with Crippen LogP contribution in [0.3, 0.4) is 0 Å². The number of sulfone groups is 1. The Morgan fingerprint density at radius 2 is 1.76 bits per heavy atom. The molecule has 34 heavy (non-hydrogen) atoms. The van der Waals surface area contributed by atoms with E-state index in [1.54, 1.807) is 36.4 Å². The zero-order valence-corrected chi connectivity index (χ0v) is 19.2. The number of pyridine rings is 1. The number of methoxy groups -OCH3 is 1. The maximum Gasteiger partial charge on any atom is 0.244 e. The van der Waals surface area contributed by atoms with E-state index in [1.165, 1.54) is 29.9 Å². The quantitative estimate of drug-likeness (QED) is 0.451. The van der Waals surface area contributed by atoms with Gasteiger partial charge in [-0.2, -0.15) is 0 Å². The molecule has 0 saturated carbocycles. The molecular formula is C25H21FN2O5S. The number of fused-ring (bicyclic) bond motifs is 1. The van der Waals surface area contributed by atoms with Gasteiger partial charge in [0, 0.05) is 11.6 Å². The topological polar surface area (TPSA) is 94.5 Å². The van der Waals surface area contributed by atoms with Crippen LogP contribution in [0.4, 0.5) is 10.1 Å². The van der Waals surface area contributed by atoms with Gasteiger partial charge in [-0.05, 0) is 49.4 Å². The summed E-state index contributed by atoms with van der Waals surface area (Å²) in [5.74, 6) is -0.734. The number of aromatic nitrogens is 1. The summed E-state index contributed by atoms with van der Waals surface area (Å²) in [7, 11) is -2.76. The zero-order chi connectivity index (χ0) is 24.5. The number of benzene rings is 3. The Kier molecular flexibility index (Phi) is 6.21. The summed E-state index contributed by atoms with van der Waals surface area (Å²) in [5, 5.41) is 2.57. The molecule has 4 aromatic rings. The maximum absolute atomic E-state index is 14.0. The van der Waals surface area contributed by atoms with E-state index >= 15 is 0 Å². The van der Waals surface area contributed by atoms with Crippen LogP contribution in [0.15, 0.2) is 87.5 Å². The molecule has 1 aromatic heterocycles. The Bertz CT molecular complexity index is 1560. The fourth-order valence-electron chi connectivity index (χ4n) is 3.60. The first-order valence-electron chi connectivity index (χ1n) is 10.3. The van der Waals surface area contributed by atoms with Crippen molar-refractivity contribution >= 4 is 32.3 Å². The van der Waals surface area contributed by atoms with Crippen LogP contribution in [0.25, 0.3) is 10.9 Å². The van der Waals surface area contributed by atoms with Crippen LogP contribution in [0.5, 0.6) is 5.75 Å². The second-order valence-electron chi connectivity index (χ2n) is 7.68. The van der Waals surface area contributed by atoms with Crippen LogP contribution in [-0.4, -0.2) is 26.0 Å². The normalized spacial score (nSPS) is 11.4. The van der Waals surface area contributed by atoms with Crippen molar-refractivity contribution in [2.45, 2.75) is 23.3 Å². The second kappa shape index (κ2) is 9.11. The molecular weight excluding hydrogens is 459 g/mol. The molecule has 174 valence electrons. The first-order chi connectivity index (χ1) is 16.2. The molecule has 0 spiro atoms. The summed E-state index contributed by atoms with van der Waals surface area (Å²) in [5.41, 5.74) is 0.671. The van der Waals surface area contributed by atoms with Gasteiger partial charge < -0.3 is 14.6 Å². The monoisotopic (exact) mass is 480 g/mol. The van der Waals surface area contributed by atoms with Crippen molar-refractivity contribution in [2.24, 2.45) is 0 Å². The Hall–Kier alpha value is -3.98. The fourth-order valence-corrected chi connectivity index (χ4v) is 4.97. The highest BCUT2D eigenvalue weighted by atomic mass is 32.2. The van der Waals surface area contributed by atoms with Crippen molar-refractivity contribution in [3.8, 4) is 5.75 Å². The SMILES string of the molecule is COc1ccccc1NC(=O)Cn1cc(S(=O)(=O)c2ccc(C)cc2)c(=O)c2cc(F)ccc21. The van der Waals surface area contributed by atoms with Gasteiger partial charge in [0.2, 0.25) is 21.2 Å². The van der Waals surface area contributed by atoms with Crippen molar-refractivity contribution in [1.82, 2.24) is 4.57 Å². The van der Waals surface area contributed by atoms with Gasteiger partial charge in [0.25, 0.3) is 0 Å². The summed E-state index contributed by atoms with van der Waals surface area (Å²) in [6, 6.07) is 16.3. The minimum absolute atomic E-state index is 0.0732. The number of halogens is 1. The number of carbonyl (C=O) groups is 1. The third-order valence-electron chi connectivity index (χ3n) is 5.33. The molecule has 0 aliphatic heterocycles. The number of nitrogens with one attached hydrogen (secondary N) is 1. The molecule has 0 aliphatic rings. The number of carbonyl (C=O) groups excluding carboxylic acids is 1. The molecule has 0 saturated heterocycles. The number of para-hydroxylation sites is 2. The molecule has 0 atom stereocenters. The lowest BCUT2D eigenvalue weighted by Crippen LogP contribution is -2.24. The molecule has 0 bridgehead atoms. The minimum atomic E-state index is -4.23. The van der Waals surface area contributed by atoms with Gasteiger partial charge in [-0.1, -0.05) is 29.8 Å². The van der Waals surface area contributed by atoms with Crippen LogP contribution in [0.2, 0.25) is 0 Å². The average molecular weight is 481 g/mol. The molecule has 1 N–H and O–H groups in total. The van der Waals surface area contributed by atoms with Crippen molar-refractivity contribution < 1.29 is 22.3 Å². The predicted molar refractivity (Wildman–Crippen MR) is 126 cm³/mol. The highest BCUT2D eigenvalue weighted by Gasteiger charge is 2.24. The molecule has 9 heteroatoms. The third kappa shape index (κ3) is 4.42. The fraction of sp³-hybridized carbons (Fsp3) is 0.120. The summed E-state index contributed by atoms with van der Waals surface area (Å²) in [4.78, 5) is 25.3. The zero-order valence-electron chi connectivity index (χ0n) is 18.4. The van der Waals surface area contributed by atoms with E-state index in [1.807, 2.05) is 6.92 Å². The van der Waals surface area contributed by atoms with E-state index in [0.29, 0.717) is 11.4 Å². The van der Waals surface area contributed by atoms with Crippen LogP contribution in [0.1, 0.15) is 5.56 Å². The summed E-state index contributed by atoms with van der Waals surface area (Å²) >= 11 is 0. The summed E-state index contributed by atoms with van der Waals surface area (Å²) in [6.45, 7) is 1.49. The molecule has 1 heterocycles. The lowest BCUT2D eigenvalue weighted by Gasteiger charge is -2.15. The van der Waals surface area contributed by atoms with Crippen LogP contribution in [0, 0.1) is 12.7 Å². The predicted octanol–water partition coefficient (Wildman–Crippen LogP) is 3.93. The number of hydrogen-bond acceptors (Lipinski definition) is 5. The molecule has 0 fully saturated rings. The van der Waals surface area contributed by atoms with Gasteiger partial charge in [0.1, 0.15) is 23.0 Å². The Labute approximate surface area is 195 Å². The van der Waals surface area contributed by atoms with Gasteiger partial charge >= 0.3 is 0 Å². The molecule has 3 aromatic carbocycles. The van der Waals surface area contributed by atoms with E-state index in [0.717, 1.165) is 23.9 Å². The van der Waals surface area contributed by atoms with E-state index in [9.17, 15) is 22.4 Å². The Morgan fingerprint density at radius 1 is 1.06 bits per heavy atom.